The zero-order valence-electron chi connectivity index (χ0n) is 5.49. The molecule has 0 saturated heterocycles. The Morgan fingerprint density at radius 1 is 1.50 bits per heavy atom. The fraction of sp³-hybridized carbons (Fsp3) is 0.143. The van der Waals surface area contributed by atoms with E-state index in [2.05, 4.69) is 44.6 Å². The number of benzene rings is 1. The summed E-state index contributed by atoms with van der Waals surface area (Å²) in [6.45, 7) is 2.00. The summed E-state index contributed by atoms with van der Waals surface area (Å²) in [5, 5.41) is 0. The molecule has 0 atom stereocenters. The molecular weight excluding hydrogens is 305 g/mol. The predicted octanol–water partition coefficient (Wildman–Crippen LogP) is 2.94. The van der Waals surface area contributed by atoms with Gasteiger partial charge in [-0.3, -0.25) is 0 Å². The van der Waals surface area contributed by atoms with Crippen LogP contribution in [-0.2, 0) is 0 Å². The lowest BCUT2D eigenvalue weighted by Gasteiger charge is -2.01. The Bertz CT molecular complexity index is 210. The minimum absolute atomic E-state index is 0.840. The summed E-state index contributed by atoms with van der Waals surface area (Å²) >= 11 is 5.66. The Morgan fingerprint density at radius 3 is 2.60 bits per heavy atom. The van der Waals surface area contributed by atoms with E-state index < -0.39 is 0 Å². The van der Waals surface area contributed by atoms with Crippen LogP contribution in [0.15, 0.2) is 16.6 Å². The van der Waals surface area contributed by atoms with Crippen LogP contribution in [0.5, 0.6) is 0 Å². The van der Waals surface area contributed by atoms with E-state index in [0.717, 1.165) is 15.7 Å². The molecule has 1 aromatic rings. The third-order valence-corrected chi connectivity index (χ3v) is 3.60. The van der Waals surface area contributed by atoms with E-state index in [4.69, 9.17) is 5.73 Å². The normalized spacial score (nSPS) is 9.90. The topological polar surface area (TPSA) is 26.0 Å². The van der Waals surface area contributed by atoms with E-state index in [1.165, 1.54) is 3.57 Å². The Kier molecular flexibility index (Phi) is 2.57. The smallest absolute Gasteiger partial charge is 0.0355 e. The van der Waals surface area contributed by atoms with Crippen LogP contribution in [0.2, 0.25) is 0 Å². The predicted molar refractivity (Wildman–Crippen MR) is 56.0 cm³/mol. The molecular formula is C7H7BrIN. The van der Waals surface area contributed by atoms with Crippen LogP contribution in [-0.4, -0.2) is 0 Å². The van der Waals surface area contributed by atoms with Crippen LogP contribution in [0.3, 0.4) is 0 Å². The number of rotatable bonds is 0. The minimum atomic E-state index is 0.840. The molecule has 0 aliphatic heterocycles. The summed E-state index contributed by atoms with van der Waals surface area (Å²) in [7, 11) is 0. The van der Waals surface area contributed by atoms with Crippen LogP contribution in [0, 0.1) is 10.5 Å². The van der Waals surface area contributed by atoms with Gasteiger partial charge >= 0.3 is 0 Å². The molecule has 1 aromatic carbocycles. The Labute approximate surface area is 82.3 Å². The summed E-state index contributed by atoms with van der Waals surface area (Å²) in [4.78, 5) is 0. The van der Waals surface area contributed by atoms with Crippen molar-refractivity contribution >= 4 is 44.2 Å². The van der Waals surface area contributed by atoms with Gasteiger partial charge in [-0.05, 0) is 63.1 Å². The molecule has 0 aromatic heterocycles. The molecule has 0 aliphatic carbocycles. The molecule has 0 saturated carbocycles. The minimum Gasteiger partial charge on any atom is -0.398 e. The Balaban J connectivity index is 3.28. The van der Waals surface area contributed by atoms with Crippen molar-refractivity contribution in [1.29, 1.82) is 0 Å². The second-order valence-electron chi connectivity index (χ2n) is 2.12. The highest BCUT2D eigenvalue weighted by Crippen LogP contribution is 2.24. The molecule has 1 rings (SSSR count). The van der Waals surface area contributed by atoms with Gasteiger partial charge in [0.15, 0.2) is 0 Å². The van der Waals surface area contributed by atoms with Gasteiger partial charge in [0.1, 0.15) is 0 Å². The molecule has 0 unspecified atom stereocenters. The zero-order valence-corrected chi connectivity index (χ0v) is 9.23. The Hall–Kier alpha value is 0.230. The SMILES string of the molecule is Cc1cc(I)c(Br)cc1N. The van der Waals surface area contributed by atoms with Crippen molar-refractivity contribution in [2.24, 2.45) is 0 Å². The van der Waals surface area contributed by atoms with E-state index in [-0.39, 0.29) is 0 Å². The molecule has 0 bridgehead atoms. The van der Waals surface area contributed by atoms with Crippen LogP contribution in [0.1, 0.15) is 5.56 Å². The van der Waals surface area contributed by atoms with Crippen molar-refractivity contribution in [1.82, 2.24) is 0 Å². The summed E-state index contributed by atoms with van der Waals surface area (Å²) in [5.41, 5.74) is 7.63. The van der Waals surface area contributed by atoms with Crippen molar-refractivity contribution in [3.05, 3.63) is 25.7 Å². The van der Waals surface area contributed by atoms with E-state index in [1.54, 1.807) is 0 Å². The van der Waals surface area contributed by atoms with Crippen LogP contribution >= 0.6 is 38.5 Å². The lowest BCUT2D eigenvalue weighted by molar-refractivity contribution is 1.43. The first-order valence-corrected chi connectivity index (χ1v) is 4.69. The van der Waals surface area contributed by atoms with Gasteiger partial charge in [-0.15, -0.1) is 0 Å². The average Bonchev–Trinajstić information content (AvgIpc) is 1.84. The molecule has 0 heterocycles. The highest BCUT2D eigenvalue weighted by atomic mass is 127. The molecule has 0 amide bonds. The Morgan fingerprint density at radius 2 is 2.10 bits per heavy atom. The van der Waals surface area contributed by atoms with Crippen molar-refractivity contribution in [2.75, 3.05) is 5.73 Å². The second kappa shape index (κ2) is 3.09. The largest absolute Gasteiger partial charge is 0.398 e. The van der Waals surface area contributed by atoms with E-state index in [1.807, 2.05) is 13.0 Å². The third kappa shape index (κ3) is 1.63. The van der Waals surface area contributed by atoms with Crippen molar-refractivity contribution in [2.45, 2.75) is 6.92 Å². The molecule has 1 nitrogen and oxygen atoms in total. The molecule has 10 heavy (non-hydrogen) atoms. The molecule has 0 spiro atoms. The maximum atomic E-state index is 5.66. The molecule has 0 aliphatic rings. The monoisotopic (exact) mass is 311 g/mol. The van der Waals surface area contributed by atoms with Gasteiger partial charge in [0, 0.05) is 13.7 Å². The van der Waals surface area contributed by atoms with E-state index >= 15 is 0 Å². The first-order valence-electron chi connectivity index (χ1n) is 2.82. The van der Waals surface area contributed by atoms with E-state index in [0.29, 0.717) is 0 Å². The van der Waals surface area contributed by atoms with Gasteiger partial charge in [0.2, 0.25) is 0 Å². The summed E-state index contributed by atoms with van der Waals surface area (Å²) < 4.78 is 2.26. The molecule has 0 fully saturated rings. The summed E-state index contributed by atoms with van der Waals surface area (Å²) in [6.07, 6.45) is 0. The number of anilines is 1. The lowest BCUT2D eigenvalue weighted by atomic mass is 10.2. The molecule has 0 radical (unpaired) electrons. The van der Waals surface area contributed by atoms with Gasteiger partial charge in [-0.25, -0.2) is 0 Å². The lowest BCUT2D eigenvalue weighted by Crippen LogP contribution is -1.90. The zero-order chi connectivity index (χ0) is 7.72. The van der Waals surface area contributed by atoms with Gasteiger partial charge in [0.25, 0.3) is 0 Å². The van der Waals surface area contributed by atoms with Gasteiger partial charge in [-0.1, -0.05) is 0 Å². The summed E-state index contributed by atoms with van der Waals surface area (Å²) in [6, 6.07) is 3.98. The standard InChI is InChI=1S/C7H7BrIN/c1-4-2-6(9)5(8)3-7(4)10/h2-3H,10H2,1H3. The summed E-state index contributed by atoms with van der Waals surface area (Å²) in [5.74, 6) is 0. The van der Waals surface area contributed by atoms with Gasteiger partial charge in [0.05, 0.1) is 0 Å². The maximum absolute atomic E-state index is 5.66. The first-order chi connectivity index (χ1) is 4.61. The van der Waals surface area contributed by atoms with Crippen LogP contribution < -0.4 is 5.73 Å². The number of nitrogens with two attached hydrogens (primary N) is 1. The first kappa shape index (κ1) is 8.33. The quantitative estimate of drug-likeness (QED) is 0.578. The number of aryl methyl sites for hydroxylation is 1. The maximum Gasteiger partial charge on any atom is 0.0355 e. The highest BCUT2D eigenvalue weighted by molar-refractivity contribution is 14.1. The van der Waals surface area contributed by atoms with Crippen LogP contribution in [0.25, 0.3) is 0 Å². The third-order valence-electron chi connectivity index (χ3n) is 1.31. The second-order valence-corrected chi connectivity index (χ2v) is 4.14. The number of hydrogen-bond acceptors (Lipinski definition) is 1. The highest BCUT2D eigenvalue weighted by Gasteiger charge is 1.98. The van der Waals surface area contributed by atoms with E-state index in [9.17, 15) is 0 Å². The van der Waals surface area contributed by atoms with Gasteiger partial charge < -0.3 is 5.73 Å². The molecule has 3 heteroatoms. The fourth-order valence-electron chi connectivity index (χ4n) is 0.662. The van der Waals surface area contributed by atoms with Crippen LogP contribution in [0.4, 0.5) is 5.69 Å². The molecule has 2 N–H and O–H groups in total. The van der Waals surface area contributed by atoms with Crippen molar-refractivity contribution in [3.8, 4) is 0 Å². The van der Waals surface area contributed by atoms with Crippen molar-refractivity contribution in [3.63, 3.8) is 0 Å². The number of halogens is 2. The average molecular weight is 312 g/mol. The fourth-order valence-corrected chi connectivity index (χ4v) is 1.65. The van der Waals surface area contributed by atoms with Gasteiger partial charge in [-0.2, -0.15) is 0 Å². The van der Waals surface area contributed by atoms with Crippen molar-refractivity contribution < 1.29 is 0 Å². The molecule has 54 valence electrons. The number of hydrogen-bond donors (Lipinski definition) is 1. The number of nitrogen functional groups attached to an aromatic ring is 1.